The molecule has 0 bridgehead atoms. The maximum absolute atomic E-state index is 5.85. The lowest BCUT2D eigenvalue weighted by molar-refractivity contribution is 1.23. The number of amidine groups is 1. The first-order valence-corrected chi connectivity index (χ1v) is 6.91. The van der Waals surface area contributed by atoms with E-state index in [9.17, 15) is 0 Å². The Labute approximate surface area is 124 Å². The second-order valence-electron chi connectivity index (χ2n) is 4.14. The fourth-order valence-corrected chi connectivity index (χ4v) is 2.44. The van der Waals surface area contributed by atoms with E-state index in [2.05, 4.69) is 43.6 Å². The molecule has 0 saturated carbocycles. The Bertz CT molecular complexity index is 677. The molecule has 1 aliphatic heterocycles. The zero-order chi connectivity index (χ0) is 13.2. The SMILES string of the molecule is NC1=Nc2ccc(I)cc2C(c2ccccn2)=NC1. The van der Waals surface area contributed by atoms with Crippen molar-refractivity contribution in [2.45, 2.75) is 0 Å². The minimum Gasteiger partial charge on any atom is -0.386 e. The van der Waals surface area contributed by atoms with Crippen molar-refractivity contribution >= 4 is 39.8 Å². The van der Waals surface area contributed by atoms with E-state index in [0.717, 1.165) is 26.2 Å². The van der Waals surface area contributed by atoms with E-state index in [0.29, 0.717) is 12.4 Å². The summed E-state index contributed by atoms with van der Waals surface area (Å²) in [5.74, 6) is 0.522. The van der Waals surface area contributed by atoms with Crippen molar-refractivity contribution in [3.05, 3.63) is 57.4 Å². The summed E-state index contributed by atoms with van der Waals surface area (Å²) in [6.07, 6.45) is 1.76. The van der Waals surface area contributed by atoms with Gasteiger partial charge in [-0.3, -0.25) is 9.98 Å². The smallest absolute Gasteiger partial charge is 0.121 e. The van der Waals surface area contributed by atoms with Gasteiger partial charge in [0.25, 0.3) is 0 Å². The summed E-state index contributed by atoms with van der Waals surface area (Å²) < 4.78 is 1.13. The zero-order valence-corrected chi connectivity index (χ0v) is 12.2. The molecule has 2 N–H and O–H groups in total. The van der Waals surface area contributed by atoms with Crippen LogP contribution < -0.4 is 5.73 Å². The molecule has 0 saturated heterocycles. The Kier molecular flexibility index (Phi) is 3.29. The van der Waals surface area contributed by atoms with Gasteiger partial charge in [0.15, 0.2) is 0 Å². The van der Waals surface area contributed by atoms with Crippen molar-refractivity contribution in [3.8, 4) is 0 Å². The lowest BCUT2D eigenvalue weighted by Crippen LogP contribution is -2.15. The average molecular weight is 362 g/mol. The van der Waals surface area contributed by atoms with Gasteiger partial charge in [-0.1, -0.05) is 6.07 Å². The van der Waals surface area contributed by atoms with Crippen molar-refractivity contribution < 1.29 is 0 Å². The Morgan fingerprint density at radius 1 is 1.16 bits per heavy atom. The number of rotatable bonds is 1. The van der Waals surface area contributed by atoms with Crippen molar-refractivity contribution in [1.82, 2.24) is 4.98 Å². The number of benzene rings is 1. The zero-order valence-electron chi connectivity index (χ0n) is 10.0. The van der Waals surface area contributed by atoms with Crippen LogP contribution >= 0.6 is 22.6 Å². The molecule has 0 atom stereocenters. The van der Waals surface area contributed by atoms with Crippen molar-refractivity contribution in [1.29, 1.82) is 0 Å². The van der Waals surface area contributed by atoms with Gasteiger partial charge in [-0.15, -0.1) is 0 Å². The largest absolute Gasteiger partial charge is 0.386 e. The predicted molar refractivity (Wildman–Crippen MR) is 85.2 cm³/mol. The summed E-state index contributed by atoms with van der Waals surface area (Å²) in [5.41, 5.74) is 9.36. The van der Waals surface area contributed by atoms with Gasteiger partial charge in [0.05, 0.1) is 23.6 Å². The summed E-state index contributed by atoms with van der Waals surface area (Å²) in [5, 5.41) is 0. The normalized spacial score (nSPS) is 14.2. The van der Waals surface area contributed by atoms with Gasteiger partial charge in [-0.05, 0) is 52.9 Å². The lowest BCUT2D eigenvalue weighted by atomic mass is 10.0. The average Bonchev–Trinajstić information content (AvgIpc) is 2.58. The highest BCUT2D eigenvalue weighted by Crippen LogP contribution is 2.26. The van der Waals surface area contributed by atoms with Crippen LogP contribution in [0, 0.1) is 3.57 Å². The van der Waals surface area contributed by atoms with E-state index in [1.54, 1.807) is 6.20 Å². The minimum atomic E-state index is 0.400. The summed E-state index contributed by atoms with van der Waals surface area (Å²) in [4.78, 5) is 13.3. The molecule has 4 nitrogen and oxygen atoms in total. The molecule has 0 spiro atoms. The highest BCUT2D eigenvalue weighted by molar-refractivity contribution is 14.1. The van der Waals surface area contributed by atoms with Crippen LogP contribution in [0.5, 0.6) is 0 Å². The first kappa shape index (κ1) is 12.3. The van der Waals surface area contributed by atoms with Crippen LogP contribution in [0.15, 0.2) is 52.6 Å². The highest BCUT2D eigenvalue weighted by atomic mass is 127. The van der Waals surface area contributed by atoms with E-state index < -0.39 is 0 Å². The van der Waals surface area contributed by atoms with Gasteiger partial charge in [-0.2, -0.15) is 0 Å². The molecular weight excluding hydrogens is 351 g/mol. The fourth-order valence-electron chi connectivity index (χ4n) is 1.95. The lowest BCUT2D eigenvalue weighted by Gasteiger charge is -2.07. The summed E-state index contributed by atoms with van der Waals surface area (Å²) in [6, 6.07) is 11.8. The Balaban J connectivity index is 2.21. The molecule has 0 radical (unpaired) electrons. The van der Waals surface area contributed by atoms with Gasteiger partial charge in [-0.25, -0.2) is 4.99 Å². The van der Waals surface area contributed by atoms with Gasteiger partial charge >= 0.3 is 0 Å². The number of aromatic nitrogens is 1. The van der Waals surface area contributed by atoms with Crippen molar-refractivity contribution in [3.63, 3.8) is 0 Å². The van der Waals surface area contributed by atoms with Crippen LogP contribution in [0.4, 0.5) is 5.69 Å². The Morgan fingerprint density at radius 3 is 2.84 bits per heavy atom. The summed E-state index contributed by atoms with van der Waals surface area (Å²) in [6.45, 7) is 0.400. The Morgan fingerprint density at radius 2 is 2.05 bits per heavy atom. The molecule has 2 heterocycles. The molecule has 1 aliphatic rings. The first-order valence-electron chi connectivity index (χ1n) is 5.83. The topological polar surface area (TPSA) is 63.6 Å². The van der Waals surface area contributed by atoms with Gasteiger partial charge in [0.1, 0.15) is 5.84 Å². The second kappa shape index (κ2) is 5.08. The van der Waals surface area contributed by atoms with Crippen LogP contribution in [0.1, 0.15) is 11.3 Å². The van der Waals surface area contributed by atoms with Crippen LogP contribution in [0.3, 0.4) is 0 Å². The molecule has 1 aromatic heterocycles. The quantitative estimate of drug-likeness (QED) is 0.793. The first-order chi connectivity index (χ1) is 9.24. The van der Waals surface area contributed by atoms with E-state index in [1.165, 1.54) is 0 Å². The van der Waals surface area contributed by atoms with Crippen molar-refractivity contribution in [2.75, 3.05) is 6.54 Å². The number of pyridine rings is 1. The molecule has 0 fully saturated rings. The monoisotopic (exact) mass is 362 g/mol. The van der Waals surface area contributed by atoms with Crippen molar-refractivity contribution in [2.24, 2.45) is 15.7 Å². The number of halogens is 1. The molecule has 19 heavy (non-hydrogen) atoms. The van der Waals surface area contributed by atoms with Gasteiger partial charge < -0.3 is 5.73 Å². The molecule has 0 unspecified atom stereocenters. The van der Waals surface area contributed by atoms with Crippen LogP contribution in [-0.2, 0) is 0 Å². The van der Waals surface area contributed by atoms with E-state index >= 15 is 0 Å². The van der Waals surface area contributed by atoms with Crippen LogP contribution in [0.25, 0.3) is 0 Å². The number of hydrogen-bond donors (Lipinski definition) is 1. The number of aliphatic imine (C=N–C) groups is 2. The molecule has 5 heteroatoms. The maximum Gasteiger partial charge on any atom is 0.121 e. The third-order valence-electron chi connectivity index (χ3n) is 2.78. The predicted octanol–water partition coefficient (Wildman–Crippen LogP) is 2.53. The highest BCUT2D eigenvalue weighted by Gasteiger charge is 2.16. The summed E-state index contributed by atoms with van der Waals surface area (Å²) >= 11 is 2.28. The third kappa shape index (κ3) is 2.51. The molecule has 94 valence electrons. The molecule has 0 aliphatic carbocycles. The van der Waals surface area contributed by atoms with E-state index in [-0.39, 0.29) is 0 Å². The Hall–Kier alpha value is -1.76. The van der Waals surface area contributed by atoms with E-state index in [4.69, 9.17) is 5.73 Å². The minimum absolute atomic E-state index is 0.400. The standard InChI is InChI=1S/C14H11IN4/c15-9-4-5-11-10(7-9)14(18-8-13(16)19-11)12-3-1-2-6-17-12/h1-7H,8H2,(H2,16,19). The van der Waals surface area contributed by atoms with Gasteiger partial charge in [0.2, 0.25) is 0 Å². The van der Waals surface area contributed by atoms with Gasteiger partial charge in [0, 0.05) is 15.3 Å². The second-order valence-corrected chi connectivity index (χ2v) is 5.39. The molecule has 3 rings (SSSR count). The number of fused-ring (bicyclic) bond motifs is 1. The van der Waals surface area contributed by atoms with E-state index in [1.807, 2.05) is 30.3 Å². The maximum atomic E-state index is 5.85. The number of nitrogens with two attached hydrogens (primary N) is 1. The molecule has 0 amide bonds. The van der Waals surface area contributed by atoms with Crippen LogP contribution in [-0.4, -0.2) is 23.1 Å². The third-order valence-corrected chi connectivity index (χ3v) is 3.46. The molecular formula is C14H11IN4. The molecule has 1 aromatic carbocycles. The molecule has 2 aromatic rings. The number of nitrogens with zero attached hydrogens (tertiary/aromatic N) is 3. The van der Waals surface area contributed by atoms with Crippen LogP contribution in [0.2, 0.25) is 0 Å². The number of hydrogen-bond acceptors (Lipinski definition) is 4. The fraction of sp³-hybridized carbons (Fsp3) is 0.0714. The summed E-state index contributed by atoms with van der Waals surface area (Å²) in [7, 11) is 0.